The third-order valence-electron chi connectivity index (χ3n) is 12.5. The number of aliphatic hydroxyl groups is 8. The quantitative estimate of drug-likeness (QED) is 0.0212. The molecule has 0 radical (unpaired) electrons. The molecule has 2 rings (SSSR count). The second-order valence-electron chi connectivity index (χ2n) is 18.6. The van der Waals surface area contributed by atoms with Gasteiger partial charge in [0.25, 0.3) is 0 Å². The van der Waals surface area contributed by atoms with Crippen LogP contribution in [0.15, 0.2) is 85.1 Å². The summed E-state index contributed by atoms with van der Waals surface area (Å²) in [5.74, 6) is -0.267. The topological polar surface area (TPSA) is 228 Å². The van der Waals surface area contributed by atoms with Gasteiger partial charge in [0.1, 0.15) is 48.8 Å². The number of allylic oxidation sites excluding steroid dienone is 13. The summed E-state index contributed by atoms with van der Waals surface area (Å²) in [6.07, 6.45) is 37.6. The van der Waals surface area contributed by atoms with E-state index < -0.39 is 86.8 Å². The highest BCUT2D eigenvalue weighted by atomic mass is 16.7. The van der Waals surface area contributed by atoms with Crippen LogP contribution in [0.2, 0.25) is 0 Å². The van der Waals surface area contributed by atoms with E-state index in [9.17, 15) is 45.6 Å². The van der Waals surface area contributed by atoms with E-state index in [1.54, 1.807) is 6.08 Å². The molecule has 14 nitrogen and oxygen atoms in total. The van der Waals surface area contributed by atoms with Crippen molar-refractivity contribution in [1.82, 2.24) is 5.32 Å². The van der Waals surface area contributed by atoms with Gasteiger partial charge in [-0.05, 0) is 83.5 Å². The van der Waals surface area contributed by atoms with E-state index in [1.165, 1.54) is 51.4 Å². The van der Waals surface area contributed by atoms with E-state index >= 15 is 0 Å². The van der Waals surface area contributed by atoms with Crippen LogP contribution in [0, 0.1) is 0 Å². The number of carbonyl (C=O) groups is 1. The maximum Gasteiger partial charge on any atom is 0.220 e. The molecule has 12 unspecified atom stereocenters. The maximum absolute atomic E-state index is 13.2. The van der Waals surface area contributed by atoms with Gasteiger partial charge in [-0.25, -0.2) is 0 Å². The van der Waals surface area contributed by atoms with Gasteiger partial charge in [0, 0.05) is 6.42 Å². The van der Waals surface area contributed by atoms with Gasteiger partial charge in [0.2, 0.25) is 5.91 Å². The minimum atomic E-state index is -1.80. The molecule has 2 heterocycles. The number of hydrogen-bond acceptors (Lipinski definition) is 13. The predicted molar refractivity (Wildman–Crippen MR) is 276 cm³/mol. The lowest BCUT2D eigenvalue weighted by molar-refractivity contribution is -0.359. The van der Waals surface area contributed by atoms with Crippen molar-refractivity contribution in [1.29, 1.82) is 0 Å². The number of rotatable bonds is 40. The third kappa shape index (κ3) is 27.8. The van der Waals surface area contributed by atoms with E-state index in [-0.39, 0.29) is 18.9 Å². The standard InChI is InChI=1S/C56H95NO13/c1-3-5-7-9-11-13-15-17-19-20-21-22-23-24-26-28-30-32-34-36-38-40-48(61)57-44(45(60)39-37-35-33-31-29-27-25-18-16-14-12-10-8-6-4-2)43-67-55-53(66)51(64)54(47(42-59)69-55)70-56-52(65)50(63)49(62)46(41-58)68-56/h5,7,11,13,16-19,21-22,29,31,37,39,44-47,49-56,58-60,62-66H,3-4,6,8-10,12,14-15,20,23-28,30,32-36,38,40-43H2,1-2H3,(H,57,61)/b7-5-,13-11-,18-16+,19-17-,22-21-,31-29+,39-37+. The Morgan fingerprint density at radius 1 is 0.529 bits per heavy atom. The first-order valence-corrected chi connectivity index (χ1v) is 26.8. The fourth-order valence-electron chi connectivity index (χ4n) is 8.19. The van der Waals surface area contributed by atoms with Gasteiger partial charge in [0.15, 0.2) is 12.6 Å². The Balaban J connectivity index is 1.84. The summed E-state index contributed by atoms with van der Waals surface area (Å²) in [5, 5.41) is 86.8. The molecule has 0 spiro atoms. The maximum atomic E-state index is 13.2. The molecular formula is C56H95NO13. The van der Waals surface area contributed by atoms with Crippen LogP contribution in [0.4, 0.5) is 0 Å². The Morgan fingerprint density at radius 2 is 1.00 bits per heavy atom. The number of amides is 1. The van der Waals surface area contributed by atoms with Crippen molar-refractivity contribution in [2.45, 2.75) is 242 Å². The van der Waals surface area contributed by atoms with Crippen molar-refractivity contribution in [2.24, 2.45) is 0 Å². The zero-order chi connectivity index (χ0) is 51.0. The third-order valence-corrected chi connectivity index (χ3v) is 12.5. The molecule has 2 saturated heterocycles. The highest BCUT2D eigenvalue weighted by molar-refractivity contribution is 5.76. The molecule has 0 bridgehead atoms. The summed E-state index contributed by atoms with van der Waals surface area (Å²) in [7, 11) is 0. The zero-order valence-corrected chi connectivity index (χ0v) is 42.7. The largest absolute Gasteiger partial charge is 0.394 e. The number of unbranched alkanes of at least 4 members (excludes halogenated alkanes) is 15. The van der Waals surface area contributed by atoms with E-state index in [1.807, 2.05) is 6.08 Å². The van der Waals surface area contributed by atoms with Crippen LogP contribution in [0.5, 0.6) is 0 Å². The van der Waals surface area contributed by atoms with E-state index in [0.717, 1.165) is 83.5 Å². The van der Waals surface area contributed by atoms with Crippen molar-refractivity contribution in [2.75, 3.05) is 19.8 Å². The van der Waals surface area contributed by atoms with Crippen molar-refractivity contribution < 1.29 is 64.6 Å². The Hall–Kier alpha value is -2.83. The number of aliphatic hydroxyl groups excluding tert-OH is 8. The molecule has 2 aliphatic rings. The van der Waals surface area contributed by atoms with Gasteiger partial charge in [0.05, 0.1) is 32.0 Å². The first kappa shape index (κ1) is 63.3. The summed E-state index contributed by atoms with van der Waals surface area (Å²) in [4.78, 5) is 13.2. The molecular weight excluding hydrogens is 895 g/mol. The van der Waals surface area contributed by atoms with E-state index in [4.69, 9.17) is 18.9 Å². The van der Waals surface area contributed by atoms with Gasteiger partial charge >= 0.3 is 0 Å². The Bertz CT molecular complexity index is 1500. The van der Waals surface area contributed by atoms with Gasteiger partial charge in [-0.3, -0.25) is 4.79 Å². The Kier molecular flexibility index (Phi) is 37.6. The van der Waals surface area contributed by atoms with Crippen LogP contribution >= 0.6 is 0 Å². The molecule has 0 aliphatic carbocycles. The highest BCUT2D eigenvalue weighted by Gasteiger charge is 2.51. The number of hydrogen-bond donors (Lipinski definition) is 9. The fraction of sp³-hybridized carbons (Fsp3) is 0.732. The van der Waals surface area contributed by atoms with Crippen LogP contribution in [0.25, 0.3) is 0 Å². The summed E-state index contributed by atoms with van der Waals surface area (Å²) in [6.45, 7) is 2.61. The molecule has 0 aromatic heterocycles. The van der Waals surface area contributed by atoms with Crippen LogP contribution in [-0.4, -0.2) is 140 Å². The van der Waals surface area contributed by atoms with Crippen molar-refractivity contribution >= 4 is 5.91 Å². The van der Waals surface area contributed by atoms with Crippen LogP contribution < -0.4 is 5.32 Å². The summed E-state index contributed by atoms with van der Waals surface area (Å²) < 4.78 is 22.7. The van der Waals surface area contributed by atoms with Crippen LogP contribution in [0.1, 0.15) is 168 Å². The summed E-state index contributed by atoms with van der Waals surface area (Å²) >= 11 is 0. The molecule has 9 N–H and O–H groups in total. The normalized spacial score (nSPS) is 26.7. The SMILES string of the molecule is CC/C=C\C/C=C\C/C=C\C/C=C\CCCCCCCCCCC(=O)NC(COC1OC(CO)C(OC2OC(CO)C(O)C(O)C2O)C(O)C1O)C(O)/C=C/CC/C=C/CC/C=C/CCCCCCC. The molecule has 14 heteroatoms. The van der Waals surface area contributed by atoms with Gasteiger partial charge in [-0.1, -0.05) is 163 Å². The zero-order valence-electron chi connectivity index (χ0n) is 42.7. The summed E-state index contributed by atoms with van der Waals surface area (Å²) in [6, 6.07) is -0.946. The molecule has 12 atom stereocenters. The van der Waals surface area contributed by atoms with Crippen molar-refractivity contribution in [3.63, 3.8) is 0 Å². The molecule has 70 heavy (non-hydrogen) atoms. The van der Waals surface area contributed by atoms with Gasteiger partial charge in [-0.15, -0.1) is 0 Å². The molecule has 402 valence electrons. The van der Waals surface area contributed by atoms with Crippen LogP contribution in [0.3, 0.4) is 0 Å². The van der Waals surface area contributed by atoms with Gasteiger partial charge < -0.3 is 65.1 Å². The monoisotopic (exact) mass is 990 g/mol. The number of ether oxygens (including phenoxy) is 4. The Morgan fingerprint density at radius 3 is 1.57 bits per heavy atom. The number of nitrogens with one attached hydrogen (secondary N) is 1. The molecule has 1 amide bonds. The average Bonchev–Trinajstić information content (AvgIpc) is 3.36. The smallest absolute Gasteiger partial charge is 0.220 e. The lowest BCUT2D eigenvalue weighted by Gasteiger charge is -2.46. The predicted octanol–water partition coefficient (Wildman–Crippen LogP) is 7.77. The molecule has 2 fully saturated rings. The minimum absolute atomic E-state index is 0.256. The highest BCUT2D eigenvalue weighted by Crippen LogP contribution is 2.30. The van der Waals surface area contributed by atoms with E-state index in [0.29, 0.717) is 12.8 Å². The second kappa shape index (κ2) is 41.6. The summed E-state index contributed by atoms with van der Waals surface area (Å²) in [5.41, 5.74) is 0. The van der Waals surface area contributed by atoms with Crippen LogP contribution in [-0.2, 0) is 23.7 Å². The minimum Gasteiger partial charge on any atom is -0.394 e. The van der Waals surface area contributed by atoms with Gasteiger partial charge in [-0.2, -0.15) is 0 Å². The molecule has 2 aliphatic heterocycles. The molecule has 0 saturated carbocycles. The molecule has 0 aromatic rings. The second-order valence-corrected chi connectivity index (χ2v) is 18.6. The lowest BCUT2D eigenvalue weighted by Crippen LogP contribution is -2.65. The average molecular weight is 990 g/mol. The first-order chi connectivity index (χ1) is 34.1. The van der Waals surface area contributed by atoms with Crippen molar-refractivity contribution in [3.05, 3.63) is 85.1 Å². The lowest BCUT2D eigenvalue weighted by atomic mass is 9.97. The van der Waals surface area contributed by atoms with Crippen molar-refractivity contribution in [3.8, 4) is 0 Å². The molecule has 0 aromatic carbocycles. The Labute approximate surface area is 420 Å². The first-order valence-electron chi connectivity index (χ1n) is 26.8. The van der Waals surface area contributed by atoms with E-state index in [2.05, 4.69) is 92.1 Å². The fourth-order valence-corrected chi connectivity index (χ4v) is 8.19. The number of carbonyl (C=O) groups excluding carboxylic acids is 1.